The van der Waals surface area contributed by atoms with Gasteiger partial charge in [0.25, 0.3) is 0 Å². The fraction of sp³-hybridized carbons (Fsp3) is 0.909. The van der Waals surface area contributed by atoms with Crippen molar-refractivity contribution in [2.45, 2.75) is 39.2 Å². The molecule has 0 bridgehead atoms. The number of hydrogen-bond acceptors (Lipinski definition) is 2. The molecule has 0 aromatic rings. The van der Waals surface area contributed by atoms with Crippen LogP contribution in [0.2, 0.25) is 0 Å². The molecule has 0 saturated heterocycles. The zero-order valence-corrected chi connectivity index (χ0v) is 11.5. The van der Waals surface area contributed by atoms with Gasteiger partial charge >= 0.3 is 0 Å². The van der Waals surface area contributed by atoms with Crippen molar-refractivity contribution in [2.24, 2.45) is 5.92 Å². The Balaban J connectivity index is 3.87. The highest BCUT2D eigenvalue weighted by Crippen LogP contribution is 2.06. The first-order chi connectivity index (χ1) is 7.13. The van der Waals surface area contributed by atoms with Crippen LogP contribution in [-0.4, -0.2) is 31.0 Å². The number of methoxy groups -OCH3 is 1. The molecule has 4 heteroatoms. The number of carbonyl (C=O) groups is 1. The van der Waals surface area contributed by atoms with Gasteiger partial charge in [-0.25, -0.2) is 0 Å². The van der Waals surface area contributed by atoms with Crippen molar-refractivity contribution in [3.8, 4) is 0 Å². The van der Waals surface area contributed by atoms with Gasteiger partial charge in [-0.15, -0.1) is 0 Å². The van der Waals surface area contributed by atoms with Crippen molar-refractivity contribution in [3.63, 3.8) is 0 Å². The summed E-state index contributed by atoms with van der Waals surface area (Å²) in [5.74, 6) is 0.588. The first-order valence-corrected chi connectivity index (χ1v) is 6.60. The molecule has 0 aliphatic heterocycles. The first kappa shape index (κ1) is 14.9. The summed E-state index contributed by atoms with van der Waals surface area (Å²) in [6.45, 7) is 4.77. The Morgan fingerprint density at radius 3 is 2.67 bits per heavy atom. The monoisotopic (exact) mass is 279 g/mol. The molecule has 0 rings (SSSR count). The Morgan fingerprint density at radius 2 is 2.20 bits per heavy atom. The van der Waals surface area contributed by atoms with Crippen LogP contribution in [0.25, 0.3) is 0 Å². The quantitative estimate of drug-likeness (QED) is 0.693. The Kier molecular flexibility index (Phi) is 9.10. The van der Waals surface area contributed by atoms with Crippen LogP contribution in [0.1, 0.15) is 33.1 Å². The molecule has 0 aliphatic rings. The Morgan fingerprint density at radius 1 is 1.53 bits per heavy atom. The minimum atomic E-state index is 0.130. The van der Waals surface area contributed by atoms with E-state index in [0.717, 1.165) is 18.2 Å². The summed E-state index contributed by atoms with van der Waals surface area (Å²) in [5, 5.41) is 3.87. The predicted molar refractivity (Wildman–Crippen MR) is 66.3 cm³/mol. The summed E-state index contributed by atoms with van der Waals surface area (Å²) in [4.78, 5) is 11.6. The van der Waals surface area contributed by atoms with Crippen LogP contribution in [0, 0.1) is 5.92 Å². The molecule has 3 nitrogen and oxygen atoms in total. The Labute approximate surface area is 101 Å². The number of hydrogen-bond donors (Lipinski definition) is 1. The van der Waals surface area contributed by atoms with Gasteiger partial charge in [0.2, 0.25) is 5.91 Å². The molecule has 0 aromatic carbocycles. The van der Waals surface area contributed by atoms with Crippen molar-refractivity contribution < 1.29 is 9.53 Å². The zero-order chi connectivity index (χ0) is 11.7. The average molecular weight is 280 g/mol. The van der Waals surface area contributed by atoms with E-state index in [1.807, 2.05) is 0 Å². The molecule has 0 fully saturated rings. The number of alkyl halides is 1. The largest absolute Gasteiger partial charge is 0.383 e. The van der Waals surface area contributed by atoms with E-state index in [1.54, 1.807) is 7.11 Å². The number of ether oxygens (including phenoxy) is 1. The molecule has 0 aliphatic carbocycles. The maximum absolute atomic E-state index is 11.6. The first-order valence-electron chi connectivity index (χ1n) is 5.48. The fourth-order valence-electron chi connectivity index (χ4n) is 1.28. The molecule has 0 saturated carbocycles. The third-order valence-corrected chi connectivity index (χ3v) is 2.88. The van der Waals surface area contributed by atoms with E-state index >= 15 is 0 Å². The normalized spacial score (nSPS) is 14.7. The van der Waals surface area contributed by atoms with Gasteiger partial charge in [-0.3, -0.25) is 4.79 Å². The van der Waals surface area contributed by atoms with Crippen LogP contribution in [0.15, 0.2) is 0 Å². The number of amides is 1. The lowest BCUT2D eigenvalue weighted by atomic mass is 10.0. The van der Waals surface area contributed by atoms with Gasteiger partial charge < -0.3 is 10.1 Å². The van der Waals surface area contributed by atoms with Gasteiger partial charge in [0.15, 0.2) is 0 Å². The highest BCUT2D eigenvalue weighted by molar-refractivity contribution is 9.09. The minimum absolute atomic E-state index is 0.130. The molecular weight excluding hydrogens is 258 g/mol. The summed E-state index contributed by atoms with van der Waals surface area (Å²) in [5.41, 5.74) is 0. The van der Waals surface area contributed by atoms with Crippen molar-refractivity contribution in [1.29, 1.82) is 0 Å². The lowest BCUT2D eigenvalue weighted by molar-refractivity contribution is -0.123. The van der Waals surface area contributed by atoms with Gasteiger partial charge in [0, 0.05) is 18.9 Å². The van der Waals surface area contributed by atoms with Crippen LogP contribution >= 0.6 is 15.9 Å². The second kappa shape index (κ2) is 9.16. The molecule has 2 unspecified atom stereocenters. The van der Waals surface area contributed by atoms with E-state index in [4.69, 9.17) is 4.74 Å². The van der Waals surface area contributed by atoms with Gasteiger partial charge in [0.05, 0.1) is 12.6 Å². The Bertz CT molecular complexity index is 170. The number of carbonyl (C=O) groups excluding carboxylic acids is 1. The highest BCUT2D eigenvalue weighted by Gasteiger charge is 2.13. The summed E-state index contributed by atoms with van der Waals surface area (Å²) < 4.78 is 5.05. The van der Waals surface area contributed by atoms with Crippen LogP contribution in [0.4, 0.5) is 0 Å². The van der Waals surface area contributed by atoms with Crippen molar-refractivity contribution in [1.82, 2.24) is 5.32 Å². The van der Waals surface area contributed by atoms with E-state index in [0.29, 0.717) is 18.9 Å². The molecule has 90 valence electrons. The summed E-state index contributed by atoms with van der Waals surface area (Å²) in [6.07, 6.45) is 2.56. The van der Waals surface area contributed by atoms with Gasteiger partial charge in [-0.05, 0) is 12.3 Å². The third kappa shape index (κ3) is 7.79. The van der Waals surface area contributed by atoms with Gasteiger partial charge in [-0.1, -0.05) is 36.2 Å². The third-order valence-electron chi connectivity index (χ3n) is 2.42. The van der Waals surface area contributed by atoms with Crippen LogP contribution < -0.4 is 5.32 Å². The van der Waals surface area contributed by atoms with E-state index in [9.17, 15) is 4.79 Å². The second-order valence-corrected chi connectivity index (χ2v) is 4.71. The second-order valence-electron chi connectivity index (χ2n) is 3.91. The molecule has 0 heterocycles. The molecule has 0 aromatic heterocycles. The molecule has 0 spiro atoms. The number of nitrogens with one attached hydrogen (secondary N) is 1. The SMILES string of the molecule is CCC(C)CC(=O)NC(CCBr)COC. The highest BCUT2D eigenvalue weighted by atomic mass is 79.9. The Hall–Kier alpha value is -0.0900. The van der Waals surface area contributed by atoms with Crippen molar-refractivity contribution in [3.05, 3.63) is 0 Å². The number of halogens is 1. The smallest absolute Gasteiger partial charge is 0.220 e. The predicted octanol–water partition coefficient (Wildman–Crippen LogP) is 2.34. The molecule has 1 N–H and O–H groups in total. The van der Waals surface area contributed by atoms with E-state index in [2.05, 4.69) is 35.1 Å². The molecule has 15 heavy (non-hydrogen) atoms. The van der Waals surface area contributed by atoms with E-state index in [-0.39, 0.29) is 11.9 Å². The fourth-order valence-corrected chi connectivity index (χ4v) is 1.83. The molecule has 0 radical (unpaired) electrons. The summed E-state index contributed by atoms with van der Waals surface area (Å²) in [6, 6.07) is 0.130. The minimum Gasteiger partial charge on any atom is -0.383 e. The standard InChI is InChI=1S/C11H22BrNO2/c1-4-9(2)7-11(14)13-10(5-6-12)8-15-3/h9-10H,4-8H2,1-3H3,(H,13,14). The van der Waals surface area contributed by atoms with Crippen LogP contribution in [-0.2, 0) is 9.53 Å². The summed E-state index contributed by atoms with van der Waals surface area (Å²) >= 11 is 3.37. The van der Waals surface area contributed by atoms with Crippen LogP contribution in [0.3, 0.4) is 0 Å². The van der Waals surface area contributed by atoms with Crippen molar-refractivity contribution in [2.75, 3.05) is 19.0 Å². The average Bonchev–Trinajstić information content (AvgIpc) is 2.18. The molecular formula is C11H22BrNO2. The van der Waals surface area contributed by atoms with E-state index < -0.39 is 0 Å². The lowest BCUT2D eigenvalue weighted by Gasteiger charge is -2.18. The summed E-state index contributed by atoms with van der Waals surface area (Å²) in [7, 11) is 1.65. The number of rotatable bonds is 8. The van der Waals surface area contributed by atoms with E-state index in [1.165, 1.54) is 0 Å². The zero-order valence-electron chi connectivity index (χ0n) is 9.88. The molecule has 2 atom stereocenters. The van der Waals surface area contributed by atoms with Crippen molar-refractivity contribution >= 4 is 21.8 Å². The van der Waals surface area contributed by atoms with Crippen LogP contribution in [0.5, 0.6) is 0 Å². The molecule has 1 amide bonds. The maximum Gasteiger partial charge on any atom is 0.220 e. The van der Waals surface area contributed by atoms with Gasteiger partial charge in [0.1, 0.15) is 0 Å². The van der Waals surface area contributed by atoms with Gasteiger partial charge in [-0.2, -0.15) is 0 Å². The topological polar surface area (TPSA) is 38.3 Å². The lowest BCUT2D eigenvalue weighted by Crippen LogP contribution is -2.38. The maximum atomic E-state index is 11.6.